The molecule has 0 aromatic carbocycles. The first kappa shape index (κ1) is 20.6. The molecule has 2 N–H and O–H groups in total. The Morgan fingerprint density at radius 1 is 1.39 bits per heavy atom. The van der Waals surface area contributed by atoms with Gasteiger partial charge in [-0.15, -0.1) is 24.0 Å². The van der Waals surface area contributed by atoms with Gasteiger partial charge in [0, 0.05) is 43.2 Å². The van der Waals surface area contributed by atoms with Gasteiger partial charge in [-0.3, -0.25) is 9.67 Å². The van der Waals surface area contributed by atoms with Crippen molar-refractivity contribution in [2.75, 3.05) is 12.8 Å². The van der Waals surface area contributed by atoms with Crippen molar-refractivity contribution < 1.29 is 0 Å². The predicted molar refractivity (Wildman–Crippen MR) is 111 cm³/mol. The van der Waals surface area contributed by atoms with Crippen LogP contribution in [0.15, 0.2) is 4.99 Å². The van der Waals surface area contributed by atoms with Crippen molar-refractivity contribution in [3.8, 4) is 0 Å². The van der Waals surface area contributed by atoms with Gasteiger partial charge in [0.05, 0.1) is 5.69 Å². The topological polar surface area (TPSA) is 54.2 Å². The highest BCUT2D eigenvalue weighted by Gasteiger charge is 2.25. The largest absolute Gasteiger partial charge is 0.354 e. The van der Waals surface area contributed by atoms with Crippen LogP contribution in [0, 0.1) is 13.8 Å². The Kier molecular flexibility index (Phi) is 8.74. The number of thioether (sulfide) groups is 1. The summed E-state index contributed by atoms with van der Waals surface area (Å²) in [7, 11) is 3.83. The maximum Gasteiger partial charge on any atom is 0.191 e. The second kappa shape index (κ2) is 9.76. The van der Waals surface area contributed by atoms with Gasteiger partial charge in [-0.2, -0.15) is 16.9 Å². The van der Waals surface area contributed by atoms with Crippen LogP contribution in [0.5, 0.6) is 0 Å². The Bertz CT molecular complexity index is 529. The maximum atomic E-state index is 4.46. The Morgan fingerprint density at radius 2 is 2.13 bits per heavy atom. The van der Waals surface area contributed by atoms with E-state index < -0.39 is 0 Å². The van der Waals surface area contributed by atoms with Gasteiger partial charge in [0.25, 0.3) is 0 Å². The summed E-state index contributed by atoms with van der Waals surface area (Å²) in [5.74, 6) is 2.11. The number of rotatable bonds is 5. The summed E-state index contributed by atoms with van der Waals surface area (Å²) in [4.78, 5) is 4.36. The molecule has 0 bridgehead atoms. The third kappa shape index (κ3) is 5.55. The molecule has 1 aromatic rings. The normalized spacial score (nSPS) is 21.2. The van der Waals surface area contributed by atoms with Crippen molar-refractivity contribution in [1.82, 2.24) is 20.4 Å². The van der Waals surface area contributed by atoms with Gasteiger partial charge in [0.15, 0.2) is 5.96 Å². The minimum absolute atomic E-state index is 0. The lowest BCUT2D eigenvalue weighted by atomic mass is 10.2. The molecule has 1 saturated carbocycles. The van der Waals surface area contributed by atoms with Crippen LogP contribution in [-0.4, -0.2) is 39.8 Å². The van der Waals surface area contributed by atoms with Crippen LogP contribution >= 0.6 is 35.7 Å². The molecule has 7 heteroatoms. The van der Waals surface area contributed by atoms with E-state index in [2.05, 4.69) is 53.3 Å². The minimum atomic E-state index is 0. The van der Waals surface area contributed by atoms with Crippen molar-refractivity contribution in [2.45, 2.75) is 57.9 Å². The van der Waals surface area contributed by atoms with Gasteiger partial charge in [0.2, 0.25) is 0 Å². The summed E-state index contributed by atoms with van der Waals surface area (Å²) < 4.78 is 1.94. The second-order valence-electron chi connectivity index (χ2n) is 5.93. The quantitative estimate of drug-likeness (QED) is 0.411. The predicted octanol–water partition coefficient (Wildman–Crippen LogP) is 2.99. The highest BCUT2D eigenvalue weighted by Crippen LogP contribution is 2.29. The number of nitrogens with zero attached hydrogens (tertiary/aromatic N) is 3. The van der Waals surface area contributed by atoms with Crippen LogP contribution in [0.4, 0.5) is 0 Å². The second-order valence-corrected chi connectivity index (χ2v) is 7.51. The summed E-state index contributed by atoms with van der Waals surface area (Å²) in [6.45, 7) is 7.18. The SMILES string of the molecule is CCSC1CCC(NC(=NC)NCc2c(C)nn(C)c2C)C1.I. The van der Waals surface area contributed by atoms with Gasteiger partial charge >= 0.3 is 0 Å². The Morgan fingerprint density at radius 3 is 2.70 bits per heavy atom. The number of nitrogens with one attached hydrogen (secondary N) is 2. The summed E-state index contributed by atoms with van der Waals surface area (Å²) in [6.07, 6.45) is 3.79. The van der Waals surface area contributed by atoms with E-state index in [9.17, 15) is 0 Å². The van der Waals surface area contributed by atoms with Crippen molar-refractivity contribution in [3.05, 3.63) is 17.0 Å². The summed E-state index contributed by atoms with van der Waals surface area (Å²) >= 11 is 2.08. The van der Waals surface area contributed by atoms with Crippen LogP contribution in [0.2, 0.25) is 0 Å². The first-order valence-electron chi connectivity index (χ1n) is 8.13. The van der Waals surface area contributed by atoms with E-state index in [1.807, 2.05) is 18.8 Å². The highest BCUT2D eigenvalue weighted by molar-refractivity contribution is 14.0. The Hall–Kier alpha value is -0.440. The maximum absolute atomic E-state index is 4.46. The van der Waals surface area contributed by atoms with Crippen LogP contribution in [0.25, 0.3) is 0 Å². The lowest BCUT2D eigenvalue weighted by Crippen LogP contribution is -2.42. The van der Waals surface area contributed by atoms with Crippen molar-refractivity contribution >= 4 is 41.7 Å². The standard InChI is InChI=1S/C16H29N5S.HI/c1-6-22-14-8-7-13(9-14)19-16(17-4)18-10-15-11(2)20-21(5)12(15)3;/h13-14H,6-10H2,1-5H3,(H2,17,18,19);1H. The average Bonchev–Trinajstić information content (AvgIpc) is 3.02. The van der Waals surface area contributed by atoms with Crippen LogP contribution in [0.1, 0.15) is 43.1 Å². The van der Waals surface area contributed by atoms with E-state index in [0.717, 1.165) is 23.4 Å². The molecule has 1 heterocycles. The fraction of sp³-hybridized carbons (Fsp3) is 0.750. The zero-order valence-corrected chi connectivity index (χ0v) is 18.0. The molecule has 1 aromatic heterocycles. The van der Waals surface area contributed by atoms with E-state index in [0.29, 0.717) is 6.04 Å². The molecule has 0 aliphatic heterocycles. The van der Waals surface area contributed by atoms with E-state index in [4.69, 9.17) is 0 Å². The third-order valence-corrected chi connectivity index (χ3v) is 5.68. The Balaban J connectivity index is 0.00000264. The smallest absolute Gasteiger partial charge is 0.191 e. The van der Waals surface area contributed by atoms with Crippen LogP contribution in [-0.2, 0) is 13.6 Å². The van der Waals surface area contributed by atoms with Crippen molar-refractivity contribution in [2.24, 2.45) is 12.0 Å². The average molecular weight is 451 g/mol. The summed E-state index contributed by atoms with van der Waals surface area (Å²) in [5.41, 5.74) is 3.56. The minimum Gasteiger partial charge on any atom is -0.354 e. The van der Waals surface area contributed by atoms with Gasteiger partial charge in [0.1, 0.15) is 0 Å². The Labute approximate surface area is 161 Å². The van der Waals surface area contributed by atoms with Crippen LogP contribution in [0.3, 0.4) is 0 Å². The molecule has 1 aliphatic rings. The molecule has 0 amide bonds. The molecule has 1 fully saturated rings. The lowest BCUT2D eigenvalue weighted by molar-refractivity contribution is 0.614. The number of aryl methyl sites for hydroxylation is 2. The molecule has 132 valence electrons. The lowest BCUT2D eigenvalue weighted by Gasteiger charge is -2.17. The van der Waals surface area contributed by atoms with Gasteiger partial charge in [-0.1, -0.05) is 6.92 Å². The van der Waals surface area contributed by atoms with Gasteiger partial charge < -0.3 is 10.6 Å². The molecule has 2 unspecified atom stereocenters. The fourth-order valence-electron chi connectivity index (χ4n) is 3.09. The fourth-order valence-corrected chi connectivity index (χ4v) is 4.23. The van der Waals surface area contributed by atoms with Crippen molar-refractivity contribution in [3.63, 3.8) is 0 Å². The highest BCUT2D eigenvalue weighted by atomic mass is 127. The summed E-state index contributed by atoms with van der Waals surface area (Å²) in [5, 5.41) is 12.3. The van der Waals surface area contributed by atoms with E-state index in [1.54, 1.807) is 0 Å². The number of halogens is 1. The molecule has 5 nitrogen and oxygen atoms in total. The van der Waals surface area contributed by atoms with E-state index >= 15 is 0 Å². The number of hydrogen-bond donors (Lipinski definition) is 2. The van der Waals surface area contributed by atoms with Crippen molar-refractivity contribution in [1.29, 1.82) is 0 Å². The van der Waals surface area contributed by atoms with Crippen LogP contribution < -0.4 is 10.6 Å². The van der Waals surface area contributed by atoms with Gasteiger partial charge in [-0.05, 0) is 38.9 Å². The number of aromatic nitrogens is 2. The molecule has 2 rings (SSSR count). The number of hydrogen-bond acceptors (Lipinski definition) is 3. The molecular weight excluding hydrogens is 421 g/mol. The van der Waals surface area contributed by atoms with E-state index in [-0.39, 0.29) is 24.0 Å². The molecule has 23 heavy (non-hydrogen) atoms. The molecular formula is C16H30IN5S. The monoisotopic (exact) mass is 451 g/mol. The zero-order valence-electron chi connectivity index (χ0n) is 14.8. The number of aliphatic imine (C=N–C) groups is 1. The summed E-state index contributed by atoms with van der Waals surface area (Å²) in [6, 6.07) is 0.548. The number of guanidine groups is 1. The molecule has 1 aliphatic carbocycles. The molecule has 0 spiro atoms. The first-order chi connectivity index (χ1) is 10.5. The van der Waals surface area contributed by atoms with Gasteiger partial charge in [-0.25, -0.2) is 0 Å². The molecule has 0 saturated heterocycles. The van der Waals surface area contributed by atoms with E-state index in [1.165, 1.54) is 36.3 Å². The third-order valence-electron chi connectivity index (χ3n) is 4.44. The molecule has 0 radical (unpaired) electrons. The first-order valence-corrected chi connectivity index (χ1v) is 9.17. The molecule has 2 atom stereocenters. The zero-order chi connectivity index (χ0) is 16.1.